The lowest BCUT2D eigenvalue weighted by Crippen LogP contribution is -2.01. The summed E-state index contributed by atoms with van der Waals surface area (Å²) in [4.78, 5) is 10.8. The third-order valence-electron chi connectivity index (χ3n) is 3.03. The maximum atomic E-state index is 10.8. The fourth-order valence-corrected chi connectivity index (χ4v) is 1.95. The van der Waals surface area contributed by atoms with Crippen LogP contribution in [0.2, 0.25) is 0 Å². The van der Waals surface area contributed by atoms with Crippen molar-refractivity contribution in [1.29, 1.82) is 0 Å². The van der Waals surface area contributed by atoms with Gasteiger partial charge in [0, 0.05) is 12.8 Å². The van der Waals surface area contributed by atoms with Crippen molar-refractivity contribution in [1.82, 2.24) is 0 Å². The monoisotopic (exact) mass is 256 g/mol. The summed E-state index contributed by atoms with van der Waals surface area (Å²) in [5.74, 6) is 0.710. The molecule has 1 atom stereocenters. The fourth-order valence-electron chi connectivity index (χ4n) is 1.95. The second-order valence-corrected chi connectivity index (χ2v) is 4.48. The Morgan fingerprint density at radius 3 is 1.95 bits per heavy atom. The number of ether oxygens (including phenoxy) is 1. The highest BCUT2D eigenvalue weighted by atomic mass is 16.5. The van der Waals surface area contributed by atoms with Gasteiger partial charge in [-0.3, -0.25) is 4.79 Å². The van der Waals surface area contributed by atoms with E-state index in [1.165, 1.54) is 6.92 Å². The van der Waals surface area contributed by atoms with E-state index in [0.717, 1.165) is 11.1 Å². The quantitative estimate of drug-likeness (QED) is 0.675. The second kappa shape index (κ2) is 5.57. The first kappa shape index (κ1) is 13.1. The van der Waals surface area contributed by atoms with Crippen molar-refractivity contribution in [3.63, 3.8) is 0 Å². The van der Waals surface area contributed by atoms with E-state index < -0.39 is 0 Å². The van der Waals surface area contributed by atoms with Crippen molar-refractivity contribution in [3.8, 4) is 11.5 Å². The third-order valence-corrected chi connectivity index (χ3v) is 3.03. The van der Waals surface area contributed by atoms with Crippen molar-refractivity contribution in [2.75, 3.05) is 0 Å². The summed E-state index contributed by atoms with van der Waals surface area (Å²) in [6.45, 7) is 3.47. The Kier molecular flexibility index (Phi) is 3.85. The van der Waals surface area contributed by atoms with Gasteiger partial charge >= 0.3 is 5.97 Å². The number of hydrogen-bond acceptors (Lipinski definition) is 3. The molecule has 3 heteroatoms. The first-order chi connectivity index (χ1) is 9.06. The molecule has 3 nitrogen and oxygen atoms in total. The van der Waals surface area contributed by atoms with Crippen LogP contribution in [-0.4, -0.2) is 11.1 Å². The number of rotatable bonds is 3. The first-order valence-corrected chi connectivity index (χ1v) is 6.13. The van der Waals surface area contributed by atoms with Crippen molar-refractivity contribution >= 4 is 5.97 Å². The van der Waals surface area contributed by atoms with Gasteiger partial charge in [-0.15, -0.1) is 0 Å². The van der Waals surface area contributed by atoms with Crippen LogP contribution in [0.1, 0.15) is 30.9 Å². The minimum atomic E-state index is -0.320. The molecule has 0 fully saturated rings. The lowest BCUT2D eigenvalue weighted by molar-refractivity contribution is -0.131. The van der Waals surface area contributed by atoms with Gasteiger partial charge in [-0.25, -0.2) is 0 Å². The molecule has 0 bridgehead atoms. The van der Waals surface area contributed by atoms with Crippen LogP contribution >= 0.6 is 0 Å². The van der Waals surface area contributed by atoms with Gasteiger partial charge in [0.05, 0.1) is 0 Å². The molecule has 0 amide bonds. The summed E-state index contributed by atoms with van der Waals surface area (Å²) in [6.07, 6.45) is 0. The Labute approximate surface area is 112 Å². The molecule has 2 rings (SSSR count). The van der Waals surface area contributed by atoms with Crippen molar-refractivity contribution < 1.29 is 14.6 Å². The second-order valence-electron chi connectivity index (χ2n) is 4.48. The number of phenols is 1. The summed E-state index contributed by atoms with van der Waals surface area (Å²) in [5.41, 5.74) is 2.25. The molecule has 19 heavy (non-hydrogen) atoms. The number of carbonyl (C=O) groups is 1. The van der Waals surface area contributed by atoms with Crippen LogP contribution in [0.5, 0.6) is 11.5 Å². The van der Waals surface area contributed by atoms with E-state index in [0.29, 0.717) is 5.75 Å². The van der Waals surface area contributed by atoms with Crippen LogP contribution in [0.4, 0.5) is 0 Å². The average molecular weight is 256 g/mol. The van der Waals surface area contributed by atoms with E-state index in [1.54, 1.807) is 24.3 Å². The molecule has 0 unspecified atom stereocenters. The highest BCUT2D eigenvalue weighted by Gasteiger charge is 2.08. The van der Waals surface area contributed by atoms with Crippen LogP contribution < -0.4 is 4.74 Å². The molecule has 0 aromatic heterocycles. The fraction of sp³-hybridized carbons (Fsp3) is 0.188. The van der Waals surface area contributed by atoms with E-state index in [9.17, 15) is 9.90 Å². The minimum absolute atomic E-state index is 0.215. The Morgan fingerprint density at radius 2 is 1.47 bits per heavy atom. The van der Waals surface area contributed by atoms with E-state index >= 15 is 0 Å². The summed E-state index contributed by atoms with van der Waals surface area (Å²) in [6, 6.07) is 14.6. The van der Waals surface area contributed by atoms with E-state index in [4.69, 9.17) is 4.74 Å². The van der Waals surface area contributed by atoms with Crippen LogP contribution in [-0.2, 0) is 4.79 Å². The number of phenolic OH excluding ortho intramolecular Hbond substituents is 1. The Balaban J connectivity index is 2.17. The highest BCUT2D eigenvalue weighted by molar-refractivity contribution is 5.69. The van der Waals surface area contributed by atoms with Crippen molar-refractivity contribution in [3.05, 3.63) is 59.7 Å². The van der Waals surface area contributed by atoms with Crippen molar-refractivity contribution in [2.24, 2.45) is 0 Å². The Morgan fingerprint density at radius 1 is 1.00 bits per heavy atom. The normalized spacial score (nSPS) is 11.9. The van der Waals surface area contributed by atoms with E-state index in [-0.39, 0.29) is 17.6 Å². The maximum absolute atomic E-state index is 10.8. The summed E-state index contributed by atoms with van der Waals surface area (Å²) in [7, 11) is 0. The van der Waals surface area contributed by atoms with Gasteiger partial charge in [0.2, 0.25) is 0 Å². The predicted octanol–water partition coefficient (Wildman–Crippen LogP) is 3.47. The Hall–Kier alpha value is -2.29. The molecular formula is C16H16O3. The molecule has 0 saturated heterocycles. The molecule has 0 radical (unpaired) electrons. The van der Waals surface area contributed by atoms with Gasteiger partial charge in [-0.05, 0) is 35.4 Å². The topological polar surface area (TPSA) is 46.5 Å². The number of esters is 1. The van der Waals surface area contributed by atoms with Gasteiger partial charge in [0.1, 0.15) is 11.5 Å². The molecule has 0 saturated carbocycles. The maximum Gasteiger partial charge on any atom is 0.308 e. The zero-order valence-electron chi connectivity index (χ0n) is 11.0. The number of benzene rings is 2. The molecule has 2 aromatic rings. The average Bonchev–Trinajstić information content (AvgIpc) is 2.39. The van der Waals surface area contributed by atoms with Gasteiger partial charge in [-0.2, -0.15) is 0 Å². The molecule has 98 valence electrons. The Bertz CT molecular complexity index is 556. The molecule has 0 heterocycles. The highest BCUT2D eigenvalue weighted by Crippen LogP contribution is 2.26. The van der Waals surface area contributed by atoms with Crippen LogP contribution in [0.3, 0.4) is 0 Å². The van der Waals surface area contributed by atoms with Crippen LogP contribution in [0.25, 0.3) is 0 Å². The summed E-state index contributed by atoms with van der Waals surface area (Å²) in [5, 5.41) is 9.28. The number of aromatic hydroxyl groups is 1. The zero-order valence-corrected chi connectivity index (χ0v) is 11.0. The standard InChI is InChI=1S/C16H16O3/c1-11(13-3-7-15(18)8-4-13)14-5-9-16(10-6-14)19-12(2)17/h3-11,18H,1-2H3/t11-/m1/s1. The van der Waals surface area contributed by atoms with Gasteiger partial charge in [0.25, 0.3) is 0 Å². The molecule has 0 spiro atoms. The predicted molar refractivity (Wildman–Crippen MR) is 73.4 cm³/mol. The number of carbonyl (C=O) groups excluding carboxylic acids is 1. The lowest BCUT2D eigenvalue weighted by Gasteiger charge is -2.13. The van der Waals surface area contributed by atoms with Crippen molar-refractivity contribution in [2.45, 2.75) is 19.8 Å². The largest absolute Gasteiger partial charge is 0.508 e. The SMILES string of the molecule is CC(=O)Oc1ccc([C@H](C)c2ccc(O)cc2)cc1. The summed E-state index contributed by atoms with van der Waals surface area (Å²) >= 11 is 0. The van der Waals surface area contributed by atoms with Crippen LogP contribution in [0, 0.1) is 0 Å². The molecule has 0 aliphatic carbocycles. The first-order valence-electron chi connectivity index (χ1n) is 6.13. The third kappa shape index (κ3) is 3.35. The molecule has 0 aliphatic rings. The van der Waals surface area contributed by atoms with Crippen LogP contribution in [0.15, 0.2) is 48.5 Å². The lowest BCUT2D eigenvalue weighted by atomic mass is 9.93. The molecular weight excluding hydrogens is 240 g/mol. The minimum Gasteiger partial charge on any atom is -0.508 e. The summed E-state index contributed by atoms with van der Waals surface area (Å²) < 4.78 is 5.00. The van der Waals surface area contributed by atoms with Gasteiger partial charge in [-0.1, -0.05) is 31.2 Å². The number of hydrogen-bond donors (Lipinski definition) is 1. The van der Waals surface area contributed by atoms with Gasteiger partial charge < -0.3 is 9.84 Å². The molecule has 1 N–H and O–H groups in total. The van der Waals surface area contributed by atoms with E-state index in [2.05, 4.69) is 6.92 Å². The van der Waals surface area contributed by atoms with E-state index in [1.807, 2.05) is 24.3 Å². The molecule has 0 aliphatic heterocycles. The smallest absolute Gasteiger partial charge is 0.308 e. The van der Waals surface area contributed by atoms with Gasteiger partial charge in [0.15, 0.2) is 0 Å². The molecule has 2 aromatic carbocycles. The zero-order chi connectivity index (χ0) is 13.8.